The van der Waals surface area contributed by atoms with Crippen molar-refractivity contribution in [1.29, 1.82) is 0 Å². The minimum Gasteiger partial charge on any atom is 2.00 e. The van der Waals surface area contributed by atoms with Gasteiger partial charge in [0.15, 0.2) is 0 Å². The summed E-state index contributed by atoms with van der Waals surface area (Å²) in [7, 11) is -0.495. The van der Waals surface area contributed by atoms with Crippen molar-refractivity contribution in [3.8, 4) is 0 Å². The van der Waals surface area contributed by atoms with Crippen LogP contribution in [0.3, 0.4) is 0 Å². The first-order valence-corrected chi connectivity index (χ1v) is 16.0. The predicted octanol–water partition coefficient (Wildman–Crippen LogP) is 6.22. The quantitative estimate of drug-likeness (QED) is 0.120. The molecule has 0 aliphatic heterocycles. The number of rotatable bonds is 6. The van der Waals surface area contributed by atoms with Crippen LogP contribution >= 0.6 is 7.92 Å². The molecule has 0 atom stereocenters. The summed E-state index contributed by atoms with van der Waals surface area (Å²) in [5.74, 6) is -0.105. The molecule has 178 valence electrons. The van der Waals surface area contributed by atoms with Crippen LogP contribution in [0.5, 0.6) is 0 Å². The molecule has 31 heavy (non-hydrogen) atoms. The molecule has 0 aliphatic carbocycles. The molecule has 0 aliphatic rings. The molecule has 2 aromatic carbocycles. The fourth-order valence-electron chi connectivity index (χ4n) is 2.06. The molecule has 0 bridgehead atoms. The molecular formula is C20H24F6O2PPdSb. The van der Waals surface area contributed by atoms with E-state index >= 15 is 0 Å². The van der Waals surface area contributed by atoms with Crippen LogP contribution in [0.15, 0.2) is 73.3 Å². The third kappa shape index (κ3) is 22.0. The van der Waals surface area contributed by atoms with E-state index < -0.39 is 27.4 Å². The Morgan fingerprint density at radius 3 is 1.58 bits per heavy atom. The zero-order chi connectivity index (χ0) is 23.3. The van der Waals surface area contributed by atoms with Gasteiger partial charge in [-0.3, -0.25) is 4.79 Å². The Kier molecular flexibility index (Phi) is 14.1. The molecule has 0 unspecified atom stereocenters. The molecule has 0 fully saturated rings. The van der Waals surface area contributed by atoms with Crippen molar-refractivity contribution in [3.05, 3.63) is 80.2 Å². The molecule has 0 N–H and O–H groups in total. The Hall–Kier alpha value is -0.989. The van der Waals surface area contributed by atoms with Gasteiger partial charge in [0.05, 0.1) is 13.0 Å². The summed E-state index contributed by atoms with van der Waals surface area (Å²) in [5, 5.41) is 2.61. The molecule has 0 aromatic heterocycles. The normalized spacial score (nSPS) is 12.4. The van der Waals surface area contributed by atoms with Crippen molar-refractivity contribution >= 4 is 44.0 Å². The van der Waals surface area contributed by atoms with E-state index in [0.717, 1.165) is 6.16 Å². The van der Waals surface area contributed by atoms with Gasteiger partial charge in [0, 0.05) is 0 Å². The fourth-order valence-corrected chi connectivity index (χ4v) is 4.34. The molecule has 0 radical (unpaired) electrons. The largest absolute Gasteiger partial charge is 2.00 e. The fraction of sp³-hybridized carbons (Fsp3) is 0.200. The van der Waals surface area contributed by atoms with Crippen LogP contribution in [0.25, 0.3) is 0 Å². The molecule has 2 nitrogen and oxygen atoms in total. The van der Waals surface area contributed by atoms with Gasteiger partial charge in [-0.15, -0.1) is 0 Å². The van der Waals surface area contributed by atoms with Crippen molar-refractivity contribution in [1.82, 2.24) is 0 Å². The van der Waals surface area contributed by atoms with Crippen LogP contribution < -0.4 is 10.6 Å². The van der Waals surface area contributed by atoms with Crippen LogP contribution in [0.1, 0.15) is 13.3 Å². The molecule has 0 amide bonds. The Morgan fingerprint density at radius 2 is 1.29 bits per heavy atom. The smallest absolute Gasteiger partial charge is 2.00 e. The number of hydrogen-bond acceptors (Lipinski definition) is 2. The van der Waals surface area contributed by atoms with Gasteiger partial charge in [-0.1, -0.05) is 60.7 Å². The standard InChI is InChI=1S/C17H19O2P.C3H5.6FH.Pd.Sb/c1-2-19-17(18)13-14-20(15-9-5-3-6-10-15)16-11-7-4-8-12-16;1-3-2;;;;;;;;/h3-12H,2,13-14H2,1H3;3H,1-2H2;6*1H;;/q;-1;;;;;;;+2;+5/p-6. The van der Waals surface area contributed by atoms with E-state index in [1.165, 1.54) is 16.7 Å². The third-order valence-electron chi connectivity index (χ3n) is 2.98. The number of allylic oxidation sites excluding steroid dienone is 1. The van der Waals surface area contributed by atoms with Crippen LogP contribution in [0.4, 0.5) is 16.9 Å². The SMILES string of the molecule is C=C[CH2-].CCOC(=O)CCP(c1ccccc1)c1ccccc1.[F][Sb-]([F])([F])([F])([F])[F].[Pd+2]. The van der Waals surface area contributed by atoms with E-state index in [4.69, 9.17) is 4.74 Å². The second-order valence-corrected chi connectivity index (χ2v) is 13.4. The van der Waals surface area contributed by atoms with Gasteiger partial charge < -0.3 is 4.74 Å². The van der Waals surface area contributed by atoms with Gasteiger partial charge in [-0.25, -0.2) is 19.6 Å². The summed E-state index contributed by atoms with van der Waals surface area (Å²) in [6.07, 6.45) is 2.81. The first kappa shape index (κ1) is 32.2. The molecule has 2 aromatic rings. The topological polar surface area (TPSA) is 26.3 Å². The summed E-state index contributed by atoms with van der Waals surface area (Å²) < 4.78 is 64.6. The zero-order valence-corrected chi connectivity index (χ0v) is 21.7. The van der Waals surface area contributed by atoms with Gasteiger partial charge in [-0.05, 0) is 31.6 Å². The Bertz CT molecular complexity index is 724. The van der Waals surface area contributed by atoms with Gasteiger partial charge in [0.1, 0.15) is 0 Å². The summed E-state index contributed by atoms with van der Waals surface area (Å²) in [5.41, 5.74) is 0. The minimum absolute atomic E-state index is 0. The van der Waals surface area contributed by atoms with Crippen LogP contribution in [-0.4, -0.2) is 38.2 Å². The number of ether oxygens (including phenoxy) is 1. The predicted molar refractivity (Wildman–Crippen MR) is 113 cm³/mol. The second kappa shape index (κ2) is 13.5. The number of carbonyl (C=O) groups excluding carboxylic acids is 1. The van der Waals surface area contributed by atoms with Crippen molar-refractivity contribution in [2.45, 2.75) is 13.3 Å². The number of carbonyl (C=O) groups is 1. The van der Waals surface area contributed by atoms with E-state index in [-0.39, 0.29) is 26.4 Å². The van der Waals surface area contributed by atoms with Gasteiger partial charge in [0.25, 0.3) is 0 Å². The number of halogens is 6. The first-order chi connectivity index (χ1) is 13.7. The Morgan fingerprint density at radius 1 is 0.968 bits per heavy atom. The van der Waals surface area contributed by atoms with E-state index in [0.29, 0.717) is 13.0 Å². The molecule has 11 heteroatoms. The van der Waals surface area contributed by atoms with Crippen molar-refractivity contribution in [2.75, 3.05) is 12.8 Å². The molecule has 0 heterocycles. The molecular weight excluding hydrogens is 645 g/mol. The number of hydrogen-bond donors (Lipinski definition) is 0. The van der Waals surface area contributed by atoms with Gasteiger partial charge >= 0.3 is 62.7 Å². The van der Waals surface area contributed by atoms with Crippen molar-refractivity contribution < 1.29 is 46.8 Å². The summed E-state index contributed by atoms with van der Waals surface area (Å²) in [4.78, 5) is 11.6. The second-order valence-electron chi connectivity index (χ2n) is 5.62. The van der Waals surface area contributed by atoms with E-state index in [2.05, 4.69) is 62.0 Å². The van der Waals surface area contributed by atoms with E-state index in [1.807, 2.05) is 19.1 Å². The first-order valence-electron chi connectivity index (χ1n) is 8.67. The summed E-state index contributed by atoms with van der Waals surface area (Å²) >= 11 is -11.2. The number of esters is 1. The van der Waals surface area contributed by atoms with Gasteiger partial charge in [0.2, 0.25) is 0 Å². The average Bonchev–Trinajstić information content (AvgIpc) is 2.62. The number of benzene rings is 2. The summed E-state index contributed by atoms with van der Waals surface area (Å²) in [6.45, 7) is 8.79. The summed E-state index contributed by atoms with van der Waals surface area (Å²) in [6, 6.07) is 20.8. The van der Waals surface area contributed by atoms with Crippen LogP contribution in [0.2, 0.25) is 0 Å². The van der Waals surface area contributed by atoms with E-state index in [9.17, 15) is 21.7 Å². The maximum atomic E-state index is 11.6. The van der Waals surface area contributed by atoms with Crippen LogP contribution in [-0.2, 0) is 30.0 Å². The Balaban J connectivity index is 0. The van der Waals surface area contributed by atoms with Crippen LogP contribution in [0, 0.1) is 6.92 Å². The van der Waals surface area contributed by atoms with Gasteiger partial charge in [-0.2, -0.15) is 0 Å². The minimum atomic E-state index is -11.2. The third-order valence-corrected chi connectivity index (χ3v) is 5.49. The maximum Gasteiger partial charge on any atom is 2.00 e. The molecule has 0 spiro atoms. The van der Waals surface area contributed by atoms with Crippen molar-refractivity contribution in [3.63, 3.8) is 0 Å². The average molecular weight is 670 g/mol. The van der Waals surface area contributed by atoms with E-state index in [1.54, 1.807) is 0 Å². The molecule has 0 saturated heterocycles. The molecule has 0 saturated carbocycles. The Labute approximate surface area is 196 Å². The monoisotopic (exact) mass is 668 g/mol. The molecule has 2 rings (SSSR count). The zero-order valence-electron chi connectivity index (χ0n) is 16.7. The van der Waals surface area contributed by atoms with Crippen molar-refractivity contribution in [2.24, 2.45) is 0 Å². The maximum absolute atomic E-state index is 11.6.